The Morgan fingerprint density at radius 3 is 1.28 bits per heavy atom. The van der Waals surface area contributed by atoms with Crippen molar-refractivity contribution < 1.29 is 38.1 Å². The highest BCUT2D eigenvalue weighted by Crippen LogP contribution is 2.32. The SMILES string of the molecule is C=CCCCCCCOc1ccc(C(COC(=O)C(CC)(CC)C(=O)OCC(NC(C)=O)c2ccc(OCCCCCCC=C)cc2)NC(C)=O)cc1. The van der Waals surface area contributed by atoms with Crippen molar-refractivity contribution in [2.24, 2.45) is 5.41 Å². The number of hydrogen-bond acceptors (Lipinski definition) is 8. The number of hydrogen-bond donors (Lipinski definition) is 2. The van der Waals surface area contributed by atoms with E-state index < -0.39 is 29.4 Å². The second-order valence-corrected chi connectivity index (χ2v) is 13.3. The normalized spacial score (nSPS) is 12.2. The van der Waals surface area contributed by atoms with Crippen LogP contribution in [0, 0.1) is 5.41 Å². The van der Waals surface area contributed by atoms with E-state index in [0.29, 0.717) is 24.7 Å². The van der Waals surface area contributed by atoms with Gasteiger partial charge in [-0.2, -0.15) is 0 Å². The highest BCUT2D eigenvalue weighted by molar-refractivity contribution is 6.00. The summed E-state index contributed by atoms with van der Waals surface area (Å²) in [6, 6.07) is 13.3. The zero-order chi connectivity index (χ0) is 38.9. The largest absolute Gasteiger partial charge is 0.494 e. The van der Waals surface area contributed by atoms with Gasteiger partial charge in [0, 0.05) is 13.8 Å². The van der Waals surface area contributed by atoms with Gasteiger partial charge in [-0.25, -0.2) is 0 Å². The van der Waals surface area contributed by atoms with E-state index in [1.807, 2.05) is 60.7 Å². The van der Waals surface area contributed by atoms with Gasteiger partial charge < -0.3 is 29.6 Å². The summed E-state index contributed by atoms with van der Waals surface area (Å²) in [5, 5.41) is 5.67. The Hall–Kier alpha value is -4.60. The smallest absolute Gasteiger partial charge is 0.323 e. The topological polar surface area (TPSA) is 129 Å². The molecule has 0 radical (unpaired) electrons. The van der Waals surface area contributed by atoms with E-state index in [1.54, 1.807) is 13.8 Å². The van der Waals surface area contributed by atoms with Gasteiger partial charge >= 0.3 is 11.9 Å². The van der Waals surface area contributed by atoms with E-state index in [2.05, 4.69) is 23.8 Å². The molecule has 2 atom stereocenters. The maximum atomic E-state index is 13.6. The summed E-state index contributed by atoms with van der Waals surface area (Å²) in [6.45, 7) is 14.6. The summed E-state index contributed by atoms with van der Waals surface area (Å²) in [4.78, 5) is 51.4. The van der Waals surface area contributed by atoms with Gasteiger partial charge in [0.1, 0.15) is 24.7 Å². The molecule has 0 aliphatic rings. The van der Waals surface area contributed by atoms with E-state index in [9.17, 15) is 19.2 Å². The third-order valence-corrected chi connectivity index (χ3v) is 9.21. The van der Waals surface area contributed by atoms with Gasteiger partial charge in [-0.3, -0.25) is 19.2 Å². The quantitative estimate of drug-likeness (QED) is 0.0385. The minimum Gasteiger partial charge on any atom is -0.494 e. The lowest BCUT2D eigenvalue weighted by molar-refractivity contribution is -0.174. The number of nitrogens with one attached hydrogen (secondary N) is 2. The molecule has 10 heteroatoms. The molecule has 2 unspecified atom stereocenters. The van der Waals surface area contributed by atoms with Gasteiger partial charge in [0.2, 0.25) is 11.8 Å². The molecule has 2 aromatic carbocycles. The number of amides is 2. The van der Waals surface area contributed by atoms with Crippen LogP contribution in [-0.4, -0.2) is 50.2 Å². The Labute approximate surface area is 317 Å². The molecule has 0 heterocycles. The van der Waals surface area contributed by atoms with Crippen LogP contribution in [0.15, 0.2) is 73.8 Å². The first-order valence-corrected chi connectivity index (χ1v) is 19.2. The van der Waals surface area contributed by atoms with Crippen LogP contribution in [0.5, 0.6) is 11.5 Å². The lowest BCUT2D eigenvalue weighted by Gasteiger charge is -2.29. The minimum absolute atomic E-state index is 0.136. The fourth-order valence-corrected chi connectivity index (χ4v) is 5.90. The Morgan fingerprint density at radius 1 is 0.604 bits per heavy atom. The van der Waals surface area contributed by atoms with Crippen molar-refractivity contribution in [3.8, 4) is 11.5 Å². The molecule has 0 aliphatic heterocycles. The van der Waals surface area contributed by atoms with Gasteiger partial charge in [-0.15, -0.1) is 13.2 Å². The van der Waals surface area contributed by atoms with Crippen LogP contribution >= 0.6 is 0 Å². The van der Waals surface area contributed by atoms with Crippen LogP contribution in [0.25, 0.3) is 0 Å². The maximum Gasteiger partial charge on any atom is 0.323 e. The van der Waals surface area contributed by atoms with E-state index in [-0.39, 0.29) is 37.9 Å². The van der Waals surface area contributed by atoms with Gasteiger partial charge in [-0.1, -0.05) is 75.9 Å². The van der Waals surface area contributed by atoms with Crippen molar-refractivity contribution in [2.75, 3.05) is 26.4 Å². The predicted octanol–water partition coefficient (Wildman–Crippen LogP) is 8.66. The number of unbranched alkanes of at least 4 members (excludes halogenated alkanes) is 8. The molecule has 2 rings (SSSR count). The van der Waals surface area contributed by atoms with E-state index >= 15 is 0 Å². The number of ether oxygens (including phenoxy) is 4. The average molecular weight is 735 g/mol. The molecule has 0 fully saturated rings. The molecule has 0 saturated carbocycles. The van der Waals surface area contributed by atoms with Crippen LogP contribution < -0.4 is 20.1 Å². The molecule has 0 aliphatic carbocycles. The zero-order valence-electron chi connectivity index (χ0n) is 32.4. The molecule has 53 heavy (non-hydrogen) atoms. The Bertz CT molecular complexity index is 1300. The maximum absolute atomic E-state index is 13.6. The van der Waals surface area contributed by atoms with Crippen LogP contribution in [-0.2, 0) is 28.7 Å². The molecule has 2 aromatic rings. The molecule has 10 nitrogen and oxygen atoms in total. The summed E-state index contributed by atoms with van der Waals surface area (Å²) in [5.41, 5.74) is -0.131. The van der Waals surface area contributed by atoms with Crippen molar-refractivity contribution in [1.82, 2.24) is 10.6 Å². The van der Waals surface area contributed by atoms with Gasteiger partial charge in [0.15, 0.2) is 5.41 Å². The Kier molecular flexibility index (Phi) is 21.3. The van der Waals surface area contributed by atoms with Gasteiger partial charge in [0.25, 0.3) is 0 Å². The summed E-state index contributed by atoms with van der Waals surface area (Å²) < 4.78 is 23.2. The van der Waals surface area contributed by atoms with Crippen LogP contribution in [0.2, 0.25) is 0 Å². The third kappa shape index (κ3) is 16.3. The summed E-state index contributed by atoms with van der Waals surface area (Å²) in [5.74, 6) is -0.653. The molecular weight excluding hydrogens is 672 g/mol. The standard InChI is InChI=1S/C43H62N2O8/c1-7-11-13-15-17-19-29-50-37-25-21-35(22-26-37)39(44-33(5)46)31-52-41(48)43(9-3,10-4)42(49)53-32-40(45-34(6)47)36-23-27-38(28-24-36)51-30-20-18-16-14-12-8-2/h7-8,21-28,39-40H,1-2,9-20,29-32H2,3-6H3,(H,44,46)(H,45,47). The molecular formula is C43H62N2O8. The van der Waals surface area contributed by atoms with Crippen molar-refractivity contribution in [3.63, 3.8) is 0 Å². The lowest BCUT2D eigenvalue weighted by atomic mass is 9.82. The predicted molar refractivity (Wildman–Crippen MR) is 208 cm³/mol. The second-order valence-electron chi connectivity index (χ2n) is 13.3. The number of carbonyl (C=O) groups excluding carboxylic acids is 4. The fraction of sp³-hybridized carbons (Fsp3) is 0.535. The van der Waals surface area contributed by atoms with E-state index in [4.69, 9.17) is 18.9 Å². The first kappa shape index (κ1) is 44.6. The highest BCUT2D eigenvalue weighted by Gasteiger charge is 2.46. The van der Waals surface area contributed by atoms with Crippen molar-refractivity contribution in [1.29, 1.82) is 0 Å². The molecule has 0 bridgehead atoms. The first-order valence-electron chi connectivity index (χ1n) is 19.2. The van der Waals surface area contributed by atoms with Crippen LogP contribution in [0.1, 0.15) is 128 Å². The minimum atomic E-state index is -1.58. The number of rotatable bonds is 28. The van der Waals surface area contributed by atoms with Gasteiger partial charge in [0.05, 0.1) is 25.3 Å². The van der Waals surface area contributed by atoms with Crippen LogP contribution in [0.4, 0.5) is 0 Å². The van der Waals surface area contributed by atoms with Crippen molar-refractivity contribution in [2.45, 2.75) is 117 Å². The summed E-state index contributed by atoms with van der Waals surface area (Å²) in [7, 11) is 0. The van der Waals surface area contributed by atoms with E-state index in [1.165, 1.54) is 13.8 Å². The van der Waals surface area contributed by atoms with Crippen LogP contribution in [0.3, 0.4) is 0 Å². The van der Waals surface area contributed by atoms with Gasteiger partial charge in [-0.05, 0) is 86.8 Å². The molecule has 0 saturated heterocycles. The summed E-state index contributed by atoms with van der Waals surface area (Å²) >= 11 is 0. The Balaban J connectivity index is 2.01. The van der Waals surface area contributed by atoms with E-state index in [0.717, 1.165) is 75.3 Å². The molecule has 0 spiro atoms. The fourth-order valence-electron chi connectivity index (χ4n) is 5.90. The molecule has 2 amide bonds. The third-order valence-electron chi connectivity index (χ3n) is 9.21. The molecule has 0 aromatic heterocycles. The van der Waals surface area contributed by atoms with Crippen molar-refractivity contribution >= 4 is 23.8 Å². The second kappa shape index (κ2) is 25.4. The van der Waals surface area contributed by atoms with Crippen molar-refractivity contribution in [3.05, 3.63) is 85.0 Å². The Morgan fingerprint density at radius 2 is 0.962 bits per heavy atom. The number of carbonyl (C=O) groups is 4. The zero-order valence-corrected chi connectivity index (χ0v) is 32.4. The molecule has 292 valence electrons. The number of benzene rings is 2. The summed E-state index contributed by atoms with van der Waals surface area (Å²) in [6.07, 6.45) is 14.8. The molecule has 2 N–H and O–H groups in total. The average Bonchev–Trinajstić information content (AvgIpc) is 3.15. The lowest BCUT2D eigenvalue weighted by Crippen LogP contribution is -2.43. The number of allylic oxidation sites excluding steroid dienone is 2. The number of esters is 2. The first-order chi connectivity index (χ1) is 25.6. The highest BCUT2D eigenvalue weighted by atomic mass is 16.6. The monoisotopic (exact) mass is 734 g/mol.